The van der Waals surface area contributed by atoms with Crippen molar-refractivity contribution in [3.05, 3.63) is 57.4 Å². The van der Waals surface area contributed by atoms with Gasteiger partial charge in [0.25, 0.3) is 10.0 Å². The van der Waals surface area contributed by atoms with Crippen LogP contribution in [0.2, 0.25) is 0 Å². The smallest absolute Gasteiger partial charge is 0.311 e. The van der Waals surface area contributed by atoms with Gasteiger partial charge in [-0.3, -0.25) is 9.59 Å². The Bertz CT molecular complexity index is 1280. The molecule has 36 heavy (non-hydrogen) atoms. The van der Waals surface area contributed by atoms with E-state index in [0.29, 0.717) is 24.1 Å². The highest BCUT2D eigenvalue weighted by molar-refractivity contribution is 14.1. The lowest BCUT2D eigenvalue weighted by atomic mass is 9.83. The Morgan fingerprint density at radius 2 is 1.89 bits per heavy atom. The lowest BCUT2D eigenvalue weighted by Gasteiger charge is -2.39. The number of fused-ring (bicyclic) bond motifs is 1. The molecule has 0 saturated heterocycles. The zero-order valence-corrected chi connectivity index (χ0v) is 22.7. The highest BCUT2D eigenvalue weighted by Crippen LogP contribution is 2.33. The van der Waals surface area contributed by atoms with Crippen LogP contribution in [0.3, 0.4) is 0 Å². The number of amides is 1. The van der Waals surface area contributed by atoms with Crippen LogP contribution in [0.5, 0.6) is 0 Å². The number of ether oxygens (including phenoxy) is 1. The average Bonchev–Trinajstić information content (AvgIpc) is 2.84. The number of carbonyl (C=O) groups excluding carboxylic acids is 2. The second-order valence-electron chi connectivity index (χ2n) is 8.81. The Balaban J connectivity index is 1.63. The molecule has 2 atom stereocenters. The van der Waals surface area contributed by atoms with Crippen LogP contribution in [-0.2, 0) is 30.9 Å². The van der Waals surface area contributed by atoms with Gasteiger partial charge in [0.05, 0.1) is 24.6 Å². The number of amidine groups is 1. The summed E-state index contributed by atoms with van der Waals surface area (Å²) in [5.74, 6) is -1.59. The van der Waals surface area contributed by atoms with Crippen LogP contribution in [0.25, 0.3) is 0 Å². The van der Waals surface area contributed by atoms with Gasteiger partial charge >= 0.3 is 5.97 Å². The number of esters is 1. The molecule has 11 heteroatoms. The molecule has 8 nitrogen and oxygen atoms in total. The van der Waals surface area contributed by atoms with Crippen LogP contribution in [0.4, 0.5) is 10.1 Å². The number of hydrogen-bond donors (Lipinski definition) is 1. The molecular weight excluding hydrogens is 600 g/mol. The third-order valence-electron chi connectivity index (χ3n) is 6.36. The normalized spacial score (nSPS) is 20.5. The zero-order valence-electron chi connectivity index (χ0n) is 19.7. The van der Waals surface area contributed by atoms with Crippen molar-refractivity contribution in [2.45, 2.75) is 56.5 Å². The predicted octanol–water partition coefficient (Wildman–Crippen LogP) is 4.48. The molecule has 0 radical (unpaired) electrons. The maximum atomic E-state index is 13.7. The summed E-state index contributed by atoms with van der Waals surface area (Å²) in [6.45, 7) is 2.13. The minimum absolute atomic E-state index is 0.0151. The van der Waals surface area contributed by atoms with Gasteiger partial charge in [0.2, 0.25) is 5.91 Å². The van der Waals surface area contributed by atoms with E-state index in [1.807, 2.05) is 22.6 Å². The molecule has 1 N–H and O–H groups in total. The molecule has 2 aromatic rings. The Kier molecular flexibility index (Phi) is 8.28. The molecule has 1 amide bonds. The van der Waals surface area contributed by atoms with E-state index < -0.39 is 27.8 Å². The molecule has 2 aromatic carbocycles. The van der Waals surface area contributed by atoms with E-state index in [1.165, 1.54) is 18.2 Å². The van der Waals surface area contributed by atoms with Crippen LogP contribution < -0.4 is 5.32 Å². The quantitative estimate of drug-likeness (QED) is 0.359. The van der Waals surface area contributed by atoms with Crippen LogP contribution in [0.15, 0.2) is 51.8 Å². The highest BCUT2D eigenvalue weighted by Gasteiger charge is 2.38. The molecule has 0 aromatic heterocycles. The van der Waals surface area contributed by atoms with Crippen LogP contribution in [-0.4, -0.2) is 43.7 Å². The van der Waals surface area contributed by atoms with Crippen molar-refractivity contribution >= 4 is 56.0 Å². The van der Waals surface area contributed by atoms with Crippen molar-refractivity contribution in [1.29, 1.82) is 0 Å². The van der Waals surface area contributed by atoms with E-state index in [2.05, 4.69) is 9.71 Å². The van der Waals surface area contributed by atoms with Gasteiger partial charge in [0.1, 0.15) is 16.5 Å². The van der Waals surface area contributed by atoms with Gasteiger partial charge in [-0.05, 0) is 78.3 Å². The summed E-state index contributed by atoms with van der Waals surface area (Å²) in [4.78, 5) is 28.1. The summed E-state index contributed by atoms with van der Waals surface area (Å²) in [6.07, 6.45) is 2.60. The Hall–Kier alpha value is -2.54. The number of rotatable bonds is 7. The van der Waals surface area contributed by atoms with E-state index in [4.69, 9.17) is 4.74 Å². The van der Waals surface area contributed by atoms with Gasteiger partial charge in [0, 0.05) is 16.2 Å². The number of nitrogens with one attached hydrogen (secondary N) is 1. The molecule has 192 valence electrons. The summed E-state index contributed by atoms with van der Waals surface area (Å²) in [6, 6.07) is 10.3. The fourth-order valence-corrected chi connectivity index (χ4v) is 6.57. The van der Waals surface area contributed by atoms with Gasteiger partial charge in [-0.15, -0.1) is 4.40 Å². The van der Waals surface area contributed by atoms with Gasteiger partial charge in [0.15, 0.2) is 0 Å². The summed E-state index contributed by atoms with van der Waals surface area (Å²) in [5.41, 5.74) is 1.06. The standard InChI is InChI=1S/C25H27FIN3O5S/c1-2-35-25(32)19-5-3-4-6-21(19)30(15-16-7-9-17(26)10-8-16)24(31)14-23-28-20-12-11-18(27)13-22(20)36(33,34)29-23/h7-13,19,21H,2-6,14-15H2,1H3,(H,28,29). The second-order valence-corrected chi connectivity index (χ2v) is 11.6. The lowest BCUT2D eigenvalue weighted by molar-refractivity contribution is -0.154. The van der Waals surface area contributed by atoms with Crippen LogP contribution >= 0.6 is 22.6 Å². The summed E-state index contributed by atoms with van der Waals surface area (Å²) in [5, 5.41) is 2.97. The molecule has 4 rings (SSSR count). The molecule has 1 aliphatic carbocycles. The van der Waals surface area contributed by atoms with Gasteiger partial charge in [-0.2, -0.15) is 8.42 Å². The third kappa shape index (κ3) is 6.05. The molecule has 1 saturated carbocycles. The number of halogens is 2. The Morgan fingerprint density at radius 3 is 2.61 bits per heavy atom. The van der Waals surface area contributed by atoms with Crippen molar-refractivity contribution in [2.24, 2.45) is 10.3 Å². The number of anilines is 1. The fourth-order valence-electron chi connectivity index (χ4n) is 4.69. The maximum Gasteiger partial charge on any atom is 0.311 e. The first-order valence-corrected chi connectivity index (χ1v) is 14.3. The fraction of sp³-hybridized carbons (Fsp3) is 0.400. The Morgan fingerprint density at radius 1 is 1.17 bits per heavy atom. The summed E-state index contributed by atoms with van der Waals surface area (Å²) in [7, 11) is -3.97. The average molecular weight is 627 g/mol. The monoisotopic (exact) mass is 627 g/mol. The third-order valence-corrected chi connectivity index (χ3v) is 8.38. The number of hydrogen-bond acceptors (Lipinski definition) is 6. The van der Waals surface area contributed by atoms with Crippen LogP contribution in [0, 0.1) is 15.3 Å². The van der Waals surface area contributed by atoms with E-state index >= 15 is 0 Å². The minimum atomic E-state index is -3.97. The topological polar surface area (TPSA) is 105 Å². The molecule has 1 aliphatic heterocycles. The van der Waals surface area contributed by atoms with Crippen molar-refractivity contribution in [1.82, 2.24) is 4.90 Å². The van der Waals surface area contributed by atoms with E-state index in [9.17, 15) is 22.4 Å². The first-order chi connectivity index (χ1) is 17.2. The van der Waals surface area contributed by atoms with Crippen molar-refractivity contribution in [3.8, 4) is 0 Å². The highest BCUT2D eigenvalue weighted by atomic mass is 127. The minimum Gasteiger partial charge on any atom is -0.466 e. The first-order valence-electron chi connectivity index (χ1n) is 11.8. The SMILES string of the molecule is CCOC(=O)C1CCCCC1N(Cc1ccc(F)cc1)C(=O)CC1=NS(=O)(=O)c2cc(I)ccc2N1. The van der Waals surface area contributed by atoms with E-state index in [1.54, 1.807) is 36.1 Å². The molecule has 1 heterocycles. The predicted molar refractivity (Wildman–Crippen MR) is 141 cm³/mol. The molecular formula is C25H27FIN3O5S. The molecule has 0 bridgehead atoms. The van der Waals surface area contributed by atoms with Gasteiger partial charge in [-0.25, -0.2) is 4.39 Å². The summed E-state index contributed by atoms with van der Waals surface area (Å²) >= 11 is 2.02. The number of benzene rings is 2. The van der Waals surface area contributed by atoms with E-state index in [0.717, 1.165) is 16.4 Å². The summed E-state index contributed by atoms with van der Waals surface area (Å²) < 4.78 is 48.9. The number of nitrogens with zero attached hydrogens (tertiary/aromatic N) is 2. The maximum absolute atomic E-state index is 13.7. The number of carbonyl (C=O) groups is 2. The molecule has 1 fully saturated rings. The van der Waals surface area contributed by atoms with Crippen molar-refractivity contribution in [2.75, 3.05) is 11.9 Å². The molecule has 2 aliphatic rings. The molecule has 2 unspecified atom stereocenters. The van der Waals surface area contributed by atoms with Crippen molar-refractivity contribution in [3.63, 3.8) is 0 Å². The Labute approximate surface area is 223 Å². The lowest BCUT2D eigenvalue weighted by Crippen LogP contribution is -2.49. The van der Waals surface area contributed by atoms with E-state index in [-0.39, 0.29) is 42.2 Å². The van der Waals surface area contributed by atoms with Gasteiger partial charge in [-0.1, -0.05) is 25.0 Å². The number of sulfonamides is 1. The van der Waals surface area contributed by atoms with Gasteiger partial charge < -0.3 is 15.0 Å². The van der Waals surface area contributed by atoms with Crippen molar-refractivity contribution < 1.29 is 27.1 Å². The largest absolute Gasteiger partial charge is 0.466 e. The second kappa shape index (κ2) is 11.2. The zero-order chi connectivity index (χ0) is 25.9. The van der Waals surface area contributed by atoms with Crippen LogP contribution in [0.1, 0.15) is 44.6 Å². The molecule has 0 spiro atoms. The first kappa shape index (κ1) is 26.5.